The Bertz CT molecular complexity index is 3140. The molecule has 0 saturated carbocycles. The molecule has 8 aromatic carbocycles. The van der Waals surface area contributed by atoms with Crippen LogP contribution in [0.5, 0.6) is 0 Å². The van der Waals surface area contributed by atoms with E-state index in [1.54, 1.807) is 0 Å². The van der Waals surface area contributed by atoms with Crippen molar-refractivity contribution in [3.05, 3.63) is 212 Å². The molecular formula is C51H35N6OP. The van der Waals surface area contributed by atoms with Crippen molar-refractivity contribution in [1.29, 1.82) is 0 Å². The van der Waals surface area contributed by atoms with E-state index in [-0.39, 0.29) is 0 Å². The highest BCUT2D eigenvalue weighted by atomic mass is 31.2. The fourth-order valence-corrected chi connectivity index (χ4v) is 11.3. The molecule has 1 aliphatic rings. The van der Waals surface area contributed by atoms with Crippen LogP contribution in [-0.4, -0.2) is 19.5 Å². The van der Waals surface area contributed by atoms with Crippen LogP contribution in [0.3, 0.4) is 0 Å². The van der Waals surface area contributed by atoms with Gasteiger partial charge in [-0.2, -0.15) is 9.97 Å². The molecule has 3 heterocycles. The predicted octanol–water partition coefficient (Wildman–Crippen LogP) is 12.8. The maximum Gasteiger partial charge on any atom is 0.301 e. The van der Waals surface area contributed by atoms with E-state index in [9.17, 15) is 0 Å². The Balaban J connectivity index is 1.10. The van der Waals surface area contributed by atoms with Gasteiger partial charge in [-0.15, -0.1) is 0 Å². The molecule has 59 heavy (non-hydrogen) atoms. The molecule has 0 saturated heterocycles. The summed E-state index contributed by atoms with van der Waals surface area (Å²) in [5.74, 6) is 1.76. The Labute approximate surface area is 341 Å². The van der Waals surface area contributed by atoms with Crippen molar-refractivity contribution in [2.45, 2.75) is 0 Å². The van der Waals surface area contributed by atoms with E-state index in [0.29, 0.717) is 17.6 Å². The van der Waals surface area contributed by atoms with Crippen LogP contribution in [-0.2, 0) is 4.57 Å². The number of hydrogen-bond donors (Lipinski definition) is 0. The summed E-state index contributed by atoms with van der Waals surface area (Å²) in [4.78, 5) is 15.2. The van der Waals surface area contributed by atoms with Crippen LogP contribution >= 0.6 is 7.44 Å². The molecule has 0 spiro atoms. The molecule has 0 aliphatic carbocycles. The third-order valence-corrected chi connectivity index (χ3v) is 13.9. The average Bonchev–Trinajstić information content (AvgIpc) is 3.79. The van der Waals surface area contributed by atoms with Gasteiger partial charge in [0.05, 0.1) is 27.7 Å². The van der Waals surface area contributed by atoms with Crippen LogP contribution in [0.1, 0.15) is 0 Å². The minimum Gasteiger partial charge on any atom is -0.278 e. The van der Waals surface area contributed by atoms with E-state index >= 15 is 4.57 Å². The zero-order valence-electron chi connectivity index (χ0n) is 31.7. The van der Waals surface area contributed by atoms with E-state index in [2.05, 4.69) is 65.2 Å². The summed E-state index contributed by atoms with van der Waals surface area (Å²) in [5, 5.41) is 2.91. The second-order valence-corrected chi connectivity index (χ2v) is 16.9. The fraction of sp³-hybridized carbons (Fsp3) is 0. The smallest absolute Gasteiger partial charge is 0.278 e. The lowest BCUT2D eigenvalue weighted by atomic mass is 10.0. The quantitative estimate of drug-likeness (QED) is 0.150. The fourth-order valence-electron chi connectivity index (χ4n) is 8.28. The Morgan fingerprint density at radius 1 is 0.373 bits per heavy atom. The van der Waals surface area contributed by atoms with Gasteiger partial charge in [0.2, 0.25) is 5.95 Å². The Hall–Kier alpha value is -7.60. The summed E-state index contributed by atoms with van der Waals surface area (Å²) < 4.78 is 22.3. The van der Waals surface area contributed by atoms with Gasteiger partial charge in [-0.3, -0.25) is 18.5 Å². The van der Waals surface area contributed by atoms with Crippen molar-refractivity contribution in [2.24, 2.45) is 0 Å². The standard InChI is InChI=1S/C51H35N6OP/c58-59(42-26-14-5-15-27-42)56(40-22-10-3-11-23-40)47-33-31-39(35-48(47)57(59)41-24-12-4-13-25-41)38-30-32-46-44(34-38)43-28-16-17-29-45(43)55(46)51-53-49(36-18-6-1-7-19-36)52-50(54-51)37-20-8-2-9-21-37/h1-35H. The molecule has 0 bridgehead atoms. The van der Waals surface area contributed by atoms with E-state index in [1.807, 2.05) is 161 Å². The van der Waals surface area contributed by atoms with Gasteiger partial charge in [0.1, 0.15) is 0 Å². The van der Waals surface area contributed by atoms with Gasteiger partial charge in [0.15, 0.2) is 11.6 Å². The Kier molecular flexibility index (Phi) is 8.28. The number of aromatic nitrogens is 4. The molecule has 11 rings (SSSR count). The molecular weight excluding hydrogens is 744 g/mol. The van der Waals surface area contributed by atoms with Gasteiger partial charge in [-0.25, -0.2) is 4.98 Å². The highest BCUT2D eigenvalue weighted by Crippen LogP contribution is 2.70. The largest absolute Gasteiger partial charge is 0.301 e. The third-order valence-electron chi connectivity index (χ3n) is 11.0. The van der Waals surface area contributed by atoms with Crippen molar-refractivity contribution in [3.63, 3.8) is 0 Å². The van der Waals surface area contributed by atoms with Crippen molar-refractivity contribution in [2.75, 3.05) is 9.34 Å². The van der Waals surface area contributed by atoms with Crippen LogP contribution in [0.25, 0.3) is 61.7 Å². The number of rotatable bonds is 7. The van der Waals surface area contributed by atoms with Crippen molar-refractivity contribution < 1.29 is 4.57 Å². The van der Waals surface area contributed by atoms with E-state index < -0.39 is 7.44 Å². The summed E-state index contributed by atoms with van der Waals surface area (Å²) in [6.07, 6.45) is 0. The molecule has 1 aliphatic heterocycles. The molecule has 0 amide bonds. The molecule has 7 nitrogen and oxygen atoms in total. The lowest BCUT2D eigenvalue weighted by Gasteiger charge is -2.33. The normalized spacial score (nSPS) is 14.8. The molecule has 0 N–H and O–H groups in total. The average molecular weight is 779 g/mol. The van der Waals surface area contributed by atoms with E-state index in [1.165, 1.54) is 0 Å². The van der Waals surface area contributed by atoms with Gasteiger partial charge < -0.3 is 0 Å². The van der Waals surface area contributed by atoms with Crippen LogP contribution in [0, 0.1) is 0 Å². The first-order chi connectivity index (χ1) is 29.1. The molecule has 280 valence electrons. The second kappa shape index (κ2) is 14.1. The summed E-state index contributed by atoms with van der Waals surface area (Å²) in [7, 11) is -3.49. The van der Waals surface area contributed by atoms with Crippen molar-refractivity contribution in [1.82, 2.24) is 19.5 Å². The van der Waals surface area contributed by atoms with Crippen molar-refractivity contribution in [3.8, 4) is 39.9 Å². The van der Waals surface area contributed by atoms with Crippen LogP contribution in [0.2, 0.25) is 0 Å². The van der Waals surface area contributed by atoms with Gasteiger partial charge >= 0.3 is 7.44 Å². The minimum absolute atomic E-state index is 0.547. The summed E-state index contributed by atoms with van der Waals surface area (Å²) in [6, 6.07) is 71.5. The van der Waals surface area contributed by atoms with E-state index in [0.717, 1.165) is 72.1 Å². The number of nitrogens with zero attached hydrogens (tertiary/aromatic N) is 6. The summed E-state index contributed by atoms with van der Waals surface area (Å²) >= 11 is 0. The van der Waals surface area contributed by atoms with Gasteiger partial charge in [0.25, 0.3) is 0 Å². The molecule has 10 aromatic rings. The van der Waals surface area contributed by atoms with Gasteiger partial charge in [-0.1, -0.05) is 146 Å². The topological polar surface area (TPSA) is 67.2 Å². The number of benzene rings is 8. The molecule has 1 atom stereocenters. The predicted molar refractivity (Wildman–Crippen MR) is 241 cm³/mol. The zero-order valence-corrected chi connectivity index (χ0v) is 32.6. The number of hydrogen-bond acceptors (Lipinski definition) is 4. The number of anilines is 4. The molecule has 2 aromatic heterocycles. The number of fused-ring (bicyclic) bond motifs is 4. The Morgan fingerprint density at radius 3 is 1.46 bits per heavy atom. The minimum atomic E-state index is -3.49. The first kappa shape index (κ1) is 34.6. The first-order valence-corrected chi connectivity index (χ1v) is 21.2. The highest BCUT2D eigenvalue weighted by molar-refractivity contribution is 7.76. The lowest BCUT2D eigenvalue weighted by molar-refractivity contribution is 0.582. The van der Waals surface area contributed by atoms with Crippen LogP contribution < -0.4 is 14.6 Å². The maximum absolute atomic E-state index is 16.1. The lowest BCUT2D eigenvalue weighted by Crippen LogP contribution is -2.26. The maximum atomic E-state index is 16.1. The molecule has 0 radical (unpaired) electrons. The second-order valence-electron chi connectivity index (χ2n) is 14.5. The highest BCUT2D eigenvalue weighted by Gasteiger charge is 2.49. The first-order valence-electron chi connectivity index (χ1n) is 19.6. The van der Waals surface area contributed by atoms with E-state index in [4.69, 9.17) is 15.0 Å². The SMILES string of the molecule is O=P1(c2ccccc2)N(c2ccccc2)c2ccc(-c3ccc4c(c3)c3ccccc3n4-c3nc(-c4ccccc4)nc(-c4ccccc4)n3)cc2N1c1ccccc1. The Morgan fingerprint density at radius 2 is 0.847 bits per heavy atom. The molecule has 1 unspecified atom stereocenters. The van der Waals surface area contributed by atoms with Gasteiger partial charge in [0, 0.05) is 33.3 Å². The number of para-hydroxylation sites is 3. The molecule has 8 heteroatoms. The van der Waals surface area contributed by atoms with Crippen LogP contribution in [0.4, 0.5) is 22.7 Å². The third kappa shape index (κ3) is 5.74. The van der Waals surface area contributed by atoms with Crippen LogP contribution in [0.15, 0.2) is 212 Å². The zero-order chi connectivity index (χ0) is 39.3. The summed E-state index contributed by atoms with van der Waals surface area (Å²) in [5.41, 5.74) is 9.34. The monoisotopic (exact) mass is 778 g/mol. The van der Waals surface area contributed by atoms with Crippen molar-refractivity contribution >= 4 is 57.3 Å². The molecule has 0 fully saturated rings. The summed E-state index contributed by atoms with van der Waals surface area (Å²) in [6.45, 7) is 0. The van der Waals surface area contributed by atoms with Gasteiger partial charge in [-0.05, 0) is 77.9 Å².